The first-order valence-electron chi connectivity index (χ1n) is 3.93. The summed E-state index contributed by atoms with van der Waals surface area (Å²) < 4.78 is 0. The van der Waals surface area contributed by atoms with Crippen LogP contribution >= 0.6 is 11.6 Å². The van der Waals surface area contributed by atoms with Gasteiger partial charge in [0.05, 0.1) is 0 Å². The first kappa shape index (κ1) is 9.52. The van der Waals surface area contributed by atoms with Gasteiger partial charge >= 0.3 is 0 Å². The highest BCUT2D eigenvalue weighted by Crippen LogP contribution is 2.27. The largest absolute Gasteiger partial charge is 0.295 e. The summed E-state index contributed by atoms with van der Waals surface area (Å²) in [6.45, 7) is 3.62. The van der Waals surface area contributed by atoms with Crippen LogP contribution in [-0.4, -0.2) is 17.2 Å². The van der Waals surface area contributed by atoms with Crippen molar-refractivity contribution in [3.05, 3.63) is 0 Å². The minimum Gasteiger partial charge on any atom is -0.295 e. The molecule has 12 heavy (non-hydrogen) atoms. The van der Waals surface area contributed by atoms with Crippen molar-refractivity contribution in [2.75, 3.05) is 0 Å². The number of carbonyl (C=O) groups is 2. The molecule has 1 fully saturated rings. The highest BCUT2D eigenvalue weighted by molar-refractivity contribution is 6.32. The quantitative estimate of drug-likeness (QED) is 0.458. The first-order chi connectivity index (χ1) is 5.43. The van der Waals surface area contributed by atoms with Crippen LogP contribution in [-0.2, 0) is 9.59 Å². The highest BCUT2D eigenvalue weighted by Gasteiger charge is 2.35. The Morgan fingerprint density at radius 1 is 1.50 bits per heavy atom. The lowest BCUT2D eigenvalue weighted by molar-refractivity contribution is -0.134. The lowest BCUT2D eigenvalue weighted by atomic mass is 9.87. The Morgan fingerprint density at radius 2 is 2.08 bits per heavy atom. The first-order valence-corrected chi connectivity index (χ1v) is 4.36. The number of nitrogens with one attached hydrogen (secondary N) is 1. The molecule has 0 radical (unpaired) electrons. The third-order valence-corrected chi connectivity index (χ3v) is 2.58. The standard InChI is InChI=1S/C8H12ClNO2/c1-8(2)4-3-5(9)6(11)10-7(8)12/h5H,3-4H2,1-2H3,(H,10,11,12). The molecular weight excluding hydrogens is 178 g/mol. The van der Waals surface area contributed by atoms with Crippen molar-refractivity contribution in [1.82, 2.24) is 5.32 Å². The third-order valence-electron chi connectivity index (χ3n) is 2.16. The number of hydrogen-bond donors (Lipinski definition) is 1. The fourth-order valence-corrected chi connectivity index (χ4v) is 1.26. The number of hydrogen-bond acceptors (Lipinski definition) is 2. The van der Waals surface area contributed by atoms with Gasteiger partial charge in [-0.05, 0) is 12.8 Å². The van der Waals surface area contributed by atoms with Gasteiger partial charge in [0, 0.05) is 5.41 Å². The van der Waals surface area contributed by atoms with Gasteiger partial charge in [0.2, 0.25) is 11.8 Å². The number of carbonyl (C=O) groups excluding carboxylic acids is 2. The molecule has 3 nitrogen and oxygen atoms in total. The fraction of sp³-hybridized carbons (Fsp3) is 0.750. The van der Waals surface area contributed by atoms with Gasteiger partial charge in [0.1, 0.15) is 5.38 Å². The van der Waals surface area contributed by atoms with Gasteiger partial charge in [-0.15, -0.1) is 11.6 Å². The summed E-state index contributed by atoms with van der Waals surface area (Å²) in [7, 11) is 0. The second kappa shape index (κ2) is 3.05. The molecule has 1 N–H and O–H groups in total. The van der Waals surface area contributed by atoms with E-state index in [4.69, 9.17) is 11.6 Å². The van der Waals surface area contributed by atoms with E-state index >= 15 is 0 Å². The molecule has 1 atom stereocenters. The zero-order valence-electron chi connectivity index (χ0n) is 7.19. The van der Waals surface area contributed by atoms with Crippen molar-refractivity contribution in [2.24, 2.45) is 5.41 Å². The number of rotatable bonds is 0. The van der Waals surface area contributed by atoms with E-state index in [1.165, 1.54) is 0 Å². The van der Waals surface area contributed by atoms with Gasteiger partial charge < -0.3 is 0 Å². The van der Waals surface area contributed by atoms with Gasteiger partial charge in [0.25, 0.3) is 0 Å². The third kappa shape index (κ3) is 1.78. The van der Waals surface area contributed by atoms with E-state index in [1.54, 1.807) is 0 Å². The van der Waals surface area contributed by atoms with Gasteiger partial charge in [0.15, 0.2) is 0 Å². The van der Waals surface area contributed by atoms with Crippen molar-refractivity contribution >= 4 is 23.4 Å². The summed E-state index contributed by atoms with van der Waals surface area (Å²) in [6.07, 6.45) is 1.21. The van der Waals surface area contributed by atoms with E-state index in [0.29, 0.717) is 12.8 Å². The smallest absolute Gasteiger partial charge is 0.244 e. The topological polar surface area (TPSA) is 46.2 Å². The summed E-state index contributed by atoms with van der Waals surface area (Å²) in [5.41, 5.74) is -0.473. The van der Waals surface area contributed by atoms with E-state index in [9.17, 15) is 9.59 Å². The van der Waals surface area contributed by atoms with Crippen LogP contribution in [0.2, 0.25) is 0 Å². The molecule has 0 aromatic heterocycles. The Kier molecular flexibility index (Phi) is 2.42. The van der Waals surface area contributed by atoms with Crippen molar-refractivity contribution in [2.45, 2.75) is 32.1 Å². The fourth-order valence-electron chi connectivity index (χ4n) is 1.09. The van der Waals surface area contributed by atoms with Gasteiger partial charge in [-0.25, -0.2) is 0 Å². The van der Waals surface area contributed by atoms with Crippen LogP contribution in [0.3, 0.4) is 0 Å². The predicted octanol–water partition coefficient (Wildman–Crippen LogP) is 1.06. The summed E-state index contributed by atoms with van der Waals surface area (Å²) in [6, 6.07) is 0. The molecule has 1 aliphatic heterocycles. The van der Waals surface area contributed by atoms with Crippen molar-refractivity contribution in [1.29, 1.82) is 0 Å². The van der Waals surface area contributed by atoms with Crippen molar-refractivity contribution < 1.29 is 9.59 Å². The average molecular weight is 190 g/mol. The van der Waals surface area contributed by atoms with Gasteiger partial charge in [-0.2, -0.15) is 0 Å². The number of halogens is 1. The zero-order chi connectivity index (χ0) is 9.35. The molecule has 1 heterocycles. The lowest BCUT2D eigenvalue weighted by Crippen LogP contribution is -2.39. The summed E-state index contributed by atoms with van der Waals surface area (Å²) in [5.74, 6) is -0.595. The Balaban J connectivity index is 2.80. The Morgan fingerprint density at radius 3 is 2.67 bits per heavy atom. The molecule has 2 amide bonds. The van der Waals surface area contributed by atoms with Gasteiger partial charge in [-0.3, -0.25) is 14.9 Å². The van der Waals surface area contributed by atoms with E-state index < -0.39 is 10.8 Å². The lowest BCUT2D eigenvalue weighted by Gasteiger charge is -2.18. The number of alkyl halides is 1. The van der Waals surface area contributed by atoms with Crippen LogP contribution in [0.25, 0.3) is 0 Å². The number of imide groups is 1. The maximum Gasteiger partial charge on any atom is 0.244 e. The Hall–Kier alpha value is -0.570. The minimum absolute atomic E-state index is 0.226. The molecule has 0 spiro atoms. The van der Waals surface area contributed by atoms with Crippen LogP contribution in [0.4, 0.5) is 0 Å². The average Bonchev–Trinajstić information content (AvgIpc) is 2.05. The maximum absolute atomic E-state index is 11.3. The molecular formula is C8H12ClNO2. The summed E-state index contributed by atoms with van der Waals surface area (Å²) in [4.78, 5) is 22.3. The normalized spacial score (nSPS) is 29.4. The van der Waals surface area contributed by atoms with Crippen LogP contribution < -0.4 is 5.32 Å². The number of amides is 2. The Labute approximate surface area is 76.5 Å². The SMILES string of the molecule is CC1(C)CCC(Cl)C(=O)NC1=O. The summed E-state index contributed by atoms with van der Waals surface area (Å²) in [5, 5.41) is 1.71. The predicted molar refractivity (Wildman–Crippen MR) is 45.8 cm³/mol. The van der Waals surface area contributed by atoms with Crippen LogP contribution in [0.1, 0.15) is 26.7 Å². The molecule has 0 aliphatic carbocycles. The van der Waals surface area contributed by atoms with Crippen LogP contribution in [0.15, 0.2) is 0 Å². The molecule has 0 bridgehead atoms. The molecule has 1 saturated heterocycles. The molecule has 0 aromatic rings. The van der Waals surface area contributed by atoms with E-state index in [1.807, 2.05) is 13.8 Å². The zero-order valence-corrected chi connectivity index (χ0v) is 7.94. The van der Waals surface area contributed by atoms with Crippen molar-refractivity contribution in [3.8, 4) is 0 Å². The molecule has 1 aliphatic rings. The van der Waals surface area contributed by atoms with Crippen molar-refractivity contribution in [3.63, 3.8) is 0 Å². The molecule has 0 saturated carbocycles. The van der Waals surface area contributed by atoms with Crippen LogP contribution in [0.5, 0.6) is 0 Å². The molecule has 0 aromatic carbocycles. The second-order valence-electron chi connectivity index (χ2n) is 3.71. The molecule has 68 valence electrons. The Bertz CT molecular complexity index is 225. The van der Waals surface area contributed by atoms with E-state index in [2.05, 4.69) is 5.32 Å². The van der Waals surface area contributed by atoms with Crippen LogP contribution in [0, 0.1) is 5.41 Å². The van der Waals surface area contributed by atoms with E-state index in [-0.39, 0.29) is 11.8 Å². The van der Waals surface area contributed by atoms with E-state index in [0.717, 1.165) is 0 Å². The van der Waals surface area contributed by atoms with Gasteiger partial charge in [-0.1, -0.05) is 13.8 Å². The second-order valence-corrected chi connectivity index (χ2v) is 4.24. The molecule has 1 unspecified atom stereocenters. The molecule has 4 heteroatoms. The highest BCUT2D eigenvalue weighted by atomic mass is 35.5. The monoisotopic (exact) mass is 189 g/mol. The maximum atomic E-state index is 11.3. The molecule has 1 rings (SSSR count). The minimum atomic E-state index is -0.560. The summed E-state index contributed by atoms with van der Waals surface area (Å²) >= 11 is 5.70.